The Hall–Kier alpha value is -2.37. The standard InChI is InChI=1S/C22H21Cl2N3O2/c1-14-3-2-10-26(12-14)20-19(17-5-4-16(23)11-18(17)24)21(28)27(22(20)29)13-15-6-8-25-9-7-15/h4-9,11,14H,2-3,10,12-13H2,1H3. The van der Waals surface area contributed by atoms with Gasteiger partial charge in [0.25, 0.3) is 11.8 Å². The second-order valence-corrected chi connectivity index (χ2v) is 8.44. The fraction of sp³-hybridized carbons (Fsp3) is 0.318. The highest BCUT2D eigenvalue weighted by molar-refractivity contribution is 6.41. The van der Waals surface area contributed by atoms with Gasteiger partial charge in [-0.05, 0) is 48.6 Å². The zero-order chi connectivity index (χ0) is 20.5. The number of carbonyl (C=O) groups is 2. The number of imide groups is 1. The van der Waals surface area contributed by atoms with Gasteiger partial charge in [-0.15, -0.1) is 0 Å². The Morgan fingerprint density at radius 2 is 1.86 bits per heavy atom. The van der Waals surface area contributed by atoms with Crippen LogP contribution < -0.4 is 0 Å². The van der Waals surface area contributed by atoms with Crippen molar-refractivity contribution in [2.24, 2.45) is 5.92 Å². The minimum absolute atomic E-state index is 0.196. The second-order valence-electron chi connectivity index (χ2n) is 7.59. The lowest BCUT2D eigenvalue weighted by Crippen LogP contribution is -2.39. The van der Waals surface area contributed by atoms with E-state index in [2.05, 4.69) is 11.9 Å². The molecular weight excluding hydrogens is 409 g/mol. The van der Waals surface area contributed by atoms with Gasteiger partial charge < -0.3 is 4.90 Å². The van der Waals surface area contributed by atoms with E-state index in [1.54, 1.807) is 42.7 Å². The first-order valence-corrected chi connectivity index (χ1v) is 10.4. The molecule has 1 fully saturated rings. The smallest absolute Gasteiger partial charge is 0.278 e. The Morgan fingerprint density at radius 3 is 2.55 bits per heavy atom. The maximum Gasteiger partial charge on any atom is 0.278 e. The number of amides is 2. The lowest BCUT2D eigenvalue weighted by atomic mass is 9.97. The summed E-state index contributed by atoms with van der Waals surface area (Å²) in [5, 5.41) is 0.847. The minimum atomic E-state index is -0.329. The summed E-state index contributed by atoms with van der Waals surface area (Å²) in [7, 11) is 0. The summed E-state index contributed by atoms with van der Waals surface area (Å²) in [5.74, 6) is -0.151. The Labute approximate surface area is 179 Å². The molecule has 0 radical (unpaired) electrons. The molecule has 0 spiro atoms. The third kappa shape index (κ3) is 3.89. The molecule has 29 heavy (non-hydrogen) atoms. The third-order valence-electron chi connectivity index (χ3n) is 5.41. The highest BCUT2D eigenvalue weighted by atomic mass is 35.5. The number of carbonyl (C=O) groups excluding carboxylic acids is 2. The van der Waals surface area contributed by atoms with Crippen molar-refractivity contribution < 1.29 is 9.59 Å². The predicted octanol–water partition coefficient (Wildman–Crippen LogP) is 4.40. The van der Waals surface area contributed by atoms with Crippen molar-refractivity contribution in [1.82, 2.24) is 14.8 Å². The van der Waals surface area contributed by atoms with E-state index in [1.807, 2.05) is 4.90 Å². The van der Waals surface area contributed by atoms with Crippen molar-refractivity contribution in [3.63, 3.8) is 0 Å². The first-order chi connectivity index (χ1) is 14.0. The number of pyridine rings is 1. The number of nitrogens with zero attached hydrogens (tertiary/aromatic N) is 3. The van der Waals surface area contributed by atoms with Gasteiger partial charge in [-0.1, -0.05) is 36.2 Å². The highest BCUT2D eigenvalue weighted by Gasteiger charge is 2.42. The summed E-state index contributed by atoms with van der Waals surface area (Å²) in [6, 6.07) is 8.61. The van der Waals surface area contributed by atoms with Gasteiger partial charge in [0.15, 0.2) is 0 Å². The number of aromatic nitrogens is 1. The zero-order valence-corrected chi connectivity index (χ0v) is 17.6. The van der Waals surface area contributed by atoms with E-state index in [9.17, 15) is 9.59 Å². The molecular formula is C22H21Cl2N3O2. The van der Waals surface area contributed by atoms with Crippen LogP contribution in [0.15, 0.2) is 48.4 Å². The van der Waals surface area contributed by atoms with E-state index in [0.29, 0.717) is 32.8 Å². The maximum atomic E-state index is 13.4. The van der Waals surface area contributed by atoms with Crippen molar-refractivity contribution >= 4 is 40.6 Å². The van der Waals surface area contributed by atoms with Crippen LogP contribution in [0.4, 0.5) is 0 Å². The van der Waals surface area contributed by atoms with Gasteiger partial charge in [-0.25, -0.2) is 0 Å². The normalized spacial score (nSPS) is 20.0. The summed E-state index contributed by atoms with van der Waals surface area (Å²) in [5.41, 5.74) is 2.19. The van der Waals surface area contributed by atoms with E-state index in [-0.39, 0.29) is 18.4 Å². The van der Waals surface area contributed by atoms with Crippen LogP contribution in [-0.4, -0.2) is 39.7 Å². The second kappa shape index (κ2) is 8.17. The van der Waals surface area contributed by atoms with E-state index in [1.165, 1.54) is 4.90 Å². The van der Waals surface area contributed by atoms with Crippen molar-refractivity contribution in [3.05, 3.63) is 69.6 Å². The summed E-state index contributed by atoms with van der Waals surface area (Å²) in [4.78, 5) is 34.2. The van der Waals surface area contributed by atoms with E-state index >= 15 is 0 Å². The maximum absolute atomic E-state index is 13.4. The van der Waals surface area contributed by atoms with Crippen LogP contribution in [0.25, 0.3) is 5.57 Å². The Balaban J connectivity index is 1.78. The molecule has 1 unspecified atom stereocenters. The van der Waals surface area contributed by atoms with E-state index in [0.717, 1.165) is 31.5 Å². The molecule has 2 amide bonds. The van der Waals surface area contributed by atoms with Crippen LogP contribution in [0, 0.1) is 5.92 Å². The van der Waals surface area contributed by atoms with Crippen LogP contribution in [0.1, 0.15) is 30.9 Å². The Bertz CT molecular complexity index is 991. The number of hydrogen-bond acceptors (Lipinski definition) is 4. The largest absolute Gasteiger partial charge is 0.366 e. The topological polar surface area (TPSA) is 53.5 Å². The molecule has 1 saturated heterocycles. The van der Waals surface area contributed by atoms with Gasteiger partial charge in [0.2, 0.25) is 0 Å². The van der Waals surface area contributed by atoms with E-state index < -0.39 is 0 Å². The lowest BCUT2D eigenvalue weighted by Gasteiger charge is -2.33. The van der Waals surface area contributed by atoms with Gasteiger partial charge in [0, 0.05) is 36.1 Å². The number of rotatable bonds is 4. The lowest BCUT2D eigenvalue weighted by molar-refractivity contribution is -0.138. The minimum Gasteiger partial charge on any atom is -0.366 e. The van der Waals surface area contributed by atoms with Crippen molar-refractivity contribution in [1.29, 1.82) is 0 Å². The fourth-order valence-corrected chi connectivity index (χ4v) is 4.50. The summed E-state index contributed by atoms with van der Waals surface area (Å²) in [6.45, 7) is 3.85. The van der Waals surface area contributed by atoms with Crippen molar-refractivity contribution in [2.45, 2.75) is 26.3 Å². The first-order valence-electron chi connectivity index (χ1n) is 9.65. The molecule has 3 heterocycles. The number of hydrogen-bond donors (Lipinski definition) is 0. The fourth-order valence-electron chi connectivity index (χ4n) is 4.00. The molecule has 5 nitrogen and oxygen atoms in total. The number of halogens is 2. The summed E-state index contributed by atoms with van der Waals surface area (Å²) >= 11 is 12.5. The third-order valence-corrected chi connectivity index (χ3v) is 5.96. The highest BCUT2D eigenvalue weighted by Crippen LogP contribution is 2.38. The van der Waals surface area contributed by atoms with Crippen LogP contribution in [-0.2, 0) is 16.1 Å². The SMILES string of the molecule is CC1CCCN(C2=C(c3ccc(Cl)cc3Cl)C(=O)N(Cc3ccncc3)C2=O)C1. The summed E-state index contributed by atoms with van der Waals surface area (Å²) < 4.78 is 0. The van der Waals surface area contributed by atoms with Gasteiger partial charge in [0.05, 0.1) is 17.1 Å². The molecule has 1 aromatic carbocycles. The average molecular weight is 430 g/mol. The molecule has 7 heteroatoms. The Kier molecular flexibility index (Phi) is 5.61. The molecule has 2 aliphatic rings. The predicted molar refractivity (Wildman–Crippen MR) is 113 cm³/mol. The molecule has 4 rings (SSSR count). The molecule has 0 N–H and O–H groups in total. The monoisotopic (exact) mass is 429 g/mol. The number of piperidine rings is 1. The van der Waals surface area contributed by atoms with Gasteiger partial charge >= 0.3 is 0 Å². The van der Waals surface area contributed by atoms with Gasteiger partial charge in [-0.3, -0.25) is 19.5 Å². The average Bonchev–Trinajstić information content (AvgIpc) is 2.93. The zero-order valence-electron chi connectivity index (χ0n) is 16.1. The molecule has 0 aliphatic carbocycles. The van der Waals surface area contributed by atoms with Crippen molar-refractivity contribution in [2.75, 3.05) is 13.1 Å². The number of benzene rings is 1. The Morgan fingerprint density at radius 1 is 1.10 bits per heavy atom. The van der Waals surface area contributed by atoms with Crippen LogP contribution in [0.3, 0.4) is 0 Å². The molecule has 1 atom stereocenters. The number of likely N-dealkylation sites (tertiary alicyclic amines) is 1. The quantitative estimate of drug-likeness (QED) is 0.675. The molecule has 1 aromatic heterocycles. The molecule has 2 aliphatic heterocycles. The van der Waals surface area contributed by atoms with Gasteiger partial charge in [0.1, 0.15) is 5.70 Å². The van der Waals surface area contributed by atoms with E-state index in [4.69, 9.17) is 23.2 Å². The summed E-state index contributed by atoms with van der Waals surface area (Å²) in [6.07, 6.45) is 5.40. The van der Waals surface area contributed by atoms with Crippen LogP contribution >= 0.6 is 23.2 Å². The van der Waals surface area contributed by atoms with Gasteiger partial charge in [-0.2, -0.15) is 0 Å². The van der Waals surface area contributed by atoms with Crippen LogP contribution in [0.5, 0.6) is 0 Å². The van der Waals surface area contributed by atoms with Crippen LogP contribution in [0.2, 0.25) is 10.0 Å². The molecule has 0 saturated carbocycles. The molecule has 150 valence electrons. The van der Waals surface area contributed by atoms with Crippen molar-refractivity contribution in [3.8, 4) is 0 Å². The molecule has 0 bridgehead atoms. The first kappa shape index (κ1) is 19.9. The molecule has 2 aromatic rings.